The molecular formula is C9H18O2. The van der Waals surface area contributed by atoms with Gasteiger partial charge in [-0.25, -0.2) is 0 Å². The van der Waals surface area contributed by atoms with Crippen molar-refractivity contribution in [2.45, 2.75) is 26.4 Å². The van der Waals surface area contributed by atoms with Crippen molar-refractivity contribution < 1.29 is 9.47 Å². The summed E-state index contributed by atoms with van der Waals surface area (Å²) in [5.74, 6) is 1.26. The molecule has 1 fully saturated rings. The van der Waals surface area contributed by atoms with Gasteiger partial charge in [-0.15, -0.1) is 0 Å². The number of hydrogen-bond acceptors (Lipinski definition) is 2. The van der Waals surface area contributed by atoms with Crippen LogP contribution in [0.15, 0.2) is 0 Å². The van der Waals surface area contributed by atoms with Gasteiger partial charge < -0.3 is 9.47 Å². The lowest BCUT2D eigenvalue weighted by Crippen LogP contribution is -2.36. The Morgan fingerprint density at radius 1 is 1.45 bits per heavy atom. The Balaban J connectivity index is 2.44. The third-order valence-corrected chi connectivity index (χ3v) is 2.49. The molecule has 0 aromatic carbocycles. The first-order chi connectivity index (χ1) is 5.25. The minimum atomic E-state index is 0.420. The molecule has 0 amide bonds. The summed E-state index contributed by atoms with van der Waals surface area (Å²) in [6.07, 6.45) is 1.48. The first-order valence-electron chi connectivity index (χ1n) is 4.36. The summed E-state index contributed by atoms with van der Waals surface area (Å²) >= 11 is 0. The maximum absolute atomic E-state index is 5.40. The van der Waals surface area contributed by atoms with Crippen molar-refractivity contribution in [1.29, 1.82) is 0 Å². The van der Waals surface area contributed by atoms with E-state index in [1.807, 2.05) is 0 Å². The topological polar surface area (TPSA) is 18.5 Å². The summed E-state index contributed by atoms with van der Waals surface area (Å²) < 4.78 is 10.8. The Morgan fingerprint density at radius 2 is 2.18 bits per heavy atom. The van der Waals surface area contributed by atoms with E-state index in [-0.39, 0.29) is 0 Å². The molecule has 0 aromatic rings. The smallest absolute Gasteiger partial charge is 0.0645 e. The molecule has 2 heteroatoms. The van der Waals surface area contributed by atoms with Crippen LogP contribution in [0.25, 0.3) is 0 Å². The number of rotatable bonds is 2. The van der Waals surface area contributed by atoms with E-state index < -0.39 is 0 Å². The zero-order chi connectivity index (χ0) is 8.27. The zero-order valence-electron chi connectivity index (χ0n) is 7.67. The van der Waals surface area contributed by atoms with E-state index in [0.717, 1.165) is 19.6 Å². The van der Waals surface area contributed by atoms with E-state index in [2.05, 4.69) is 13.8 Å². The molecule has 0 bridgehead atoms. The van der Waals surface area contributed by atoms with Crippen LogP contribution >= 0.6 is 0 Å². The second kappa shape index (κ2) is 4.07. The van der Waals surface area contributed by atoms with Crippen molar-refractivity contribution in [2.75, 3.05) is 20.3 Å². The number of ether oxygens (including phenoxy) is 2. The van der Waals surface area contributed by atoms with Crippen LogP contribution in [0.1, 0.15) is 20.3 Å². The number of methoxy groups -OCH3 is 1. The maximum atomic E-state index is 5.40. The van der Waals surface area contributed by atoms with E-state index in [4.69, 9.17) is 9.47 Å². The molecular weight excluding hydrogens is 140 g/mol. The van der Waals surface area contributed by atoms with Gasteiger partial charge in [-0.2, -0.15) is 0 Å². The average Bonchev–Trinajstić information content (AvgIpc) is 2.04. The zero-order valence-corrected chi connectivity index (χ0v) is 7.67. The molecule has 0 N–H and O–H groups in total. The molecule has 1 aliphatic rings. The highest BCUT2D eigenvalue weighted by Crippen LogP contribution is 2.24. The molecule has 0 radical (unpaired) electrons. The minimum Gasteiger partial charge on any atom is -0.381 e. The van der Waals surface area contributed by atoms with Crippen molar-refractivity contribution in [2.24, 2.45) is 11.8 Å². The molecule has 66 valence electrons. The van der Waals surface area contributed by atoms with Crippen LogP contribution in [0.2, 0.25) is 0 Å². The molecule has 1 saturated heterocycles. The van der Waals surface area contributed by atoms with Crippen LogP contribution in [0.3, 0.4) is 0 Å². The summed E-state index contributed by atoms with van der Waals surface area (Å²) in [5.41, 5.74) is 0. The predicted molar refractivity (Wildman–Crippen MR) is 44.6 cm³/mol. The molecule has 0 aromatic heterocycles. The maximum Gasteiger partial charge on any atom is 0.0645 e. The van der Waals surface area contributed by atoms with Gasteiger partial charge in [0.15, 0.2) is 0 Å². The molecule has 1 heterocycles. The highest BCUT2D eigenvalue weighted by atomic mass is 16.5. The molecule has 1 aliphatic heterocycles. The third-order valence-electron chi connectivity index (χ3n) is 2.49. The van der Waals surface area contributed by atoms with E-state index in [1.165, 1.54) is 0 Å². The molecule has 0 unspecified atom stereocenters. The Hall–Kier alpha value is -0.0800. The second-order valence-corrected chi connectivity index (χ2v) is 3.55. The Morgan fingerprint density at radius 3 is 2.64 bits per heavy atom. The van der Waals surface area contributed by atoms with Gasteiger partial charge in [-0.1, -0.05) is 13.8 Å². The van der Waals surface area contributed by atoms with E-state index >= 15 is 0 Å². The van der Waals surface area contributed by atoms with Gasteiger partial charge in [0.25, 0.3) is 0 Å². The SMILES string of the molecule is CO[C@H]1CCOC[C@@H]1C(C)C. The van der Waals surface area contributed by atoms with Crippen LogP contribution < -0.4 is 0 Å². The minimum absolute atomic E-state index is 0.420. The van der Waals surface area contributed by atoms with Gasteiger partial charge in [0.2, 0.25) is 0 Å². The second-order valence-electron chi connectivity index (χ2n) is 3.55. The van der Waals surface area contributed by atoms with Crippen molar-refractivity contribution in [3.05, 3.63) is 0 Å². The lowest BCUT2D eigenvalue weighted by molar-refractivity contribution is -0.0710. The molecule has 11 heavy (non-hydrogen) atoms. The lowest BCUT2D eigenvalue weighted by Gasteiger charge is -2.32. The van der Waals surface area contributed by atoms with Crippen LogP contribution in [0, 0.1) is 11.8 Å². The fraction of sp³-hybridized carbons (Fsp3) is 1.00. The molecule has 0 spiro atoms. The summed E-state index contributed by atoms with van der Waals surface area (Å²) in [4.78, 5) is 0. The summed E-state index contributed by atoms with van der Waals surface area (Å²) in [7, 11) is 1.80. The monoisotopic (exact) mass is 158 g/mol. The molecule has 0 aliphatic carbocycles. The Bertz CT molecular complexity index is 112. The quantitative estimate of drug-likeness (QED) is 0.609. The molecule has 2 atom stereocenters. The van der Waals surface area contributed by atoms with E-state index in [1.54, 1.807) is 7.11 Å². The summed E-state index contributed by atoms with van der Waals surface area (Å²) in [6, 6.07) is 0. The Labute approximate surface area is 68.9 Å². The molecule has 1 rings (SSSR count). The van der Waals surface area contributed by atoms with Gasteiger partial charge in [0.1, 0.15) is 0 Å². The summed E-state index contributed by atoms with van der Waals surface area (Å²) in [6.45, 7) is 6.19. The van der Waals surface area contributed by atoms with Gasteiger partial charge >= 0.3 is 0 Å². The fourth-order valence-electron chi connectivity index (χ4n) is 1.65. The molecule has 2 nitrogen and oxygen atoms in total. The van der Waals surface area contributed by atoms with Crippen LogP contribution in [-0.2, 0) is 9.47 Å². The van der Waals surface area contributed by atoms with Gasteiger partial charge in [0, 0.05) is 19.6 Å². The van der Waals surface area contributed by atoms with Crippen LogP contribution in [-0.4, -0.2) is 26.4 Å². The summed E-state index contributed by atoms with van der Waals surface area (Å²) in [5, 5.41) is 0. The van der Waals surface area contributed by atoms with E-state index in [9.17, 15) is 0 Å². The highest BCUT2D eigenvalue weighted by Gasteiger charge is 2.27. The van der Waals surface area contributed by atoms with Crippen LogP contribution in [0.4, 0.5) is 0 Å². The van der Waals surface area contributed by atoms with Crippen LogP contribution in [0.5, 0.6) is 0 Å². The normalized spacial score (nSPS) is 32.7. The van der Waals surface area contributed by atoms with Gasteiger partial charge in [-0.3, -0.25) is 0 Å². The lowest BCUT2D eigenvalue weighted by atomic mass is 9.88. The van der Waals surface area contributed by atoms with Gasteiger partial charge in [-0.05, 0) is 12.3 Å². The van der Waals surface area contributed by atoms with Gasteiger partial charge in [0.05, 0.1) is 12.7 Å². The highest BCUT2D eigenvalue weighted by molar-refractivity contribution is 4.76. The Kier molecular flexibility index (Phi) is 3.34. The predicted octanol–water partition coefficient (Wildman–Crippen LogP) is 1.69. The van der Waals surface area contributed by atoms with Crippen molar-refractivity contribution >= 4 is 0 Å². The van der Waals surface area contributed by atoms with E-state index in [0.29, 0.717) is 17.9 Å². The standard InChI is InChI=1S/C9H18O2/c1-7(2)8-6-11-5-4-9(8)10-3/h7-9H,4-6H2,1-3H3/t8-,9+/m1/s1. The van der Waals surface area contributed by atoms with Crippen molar-refractivity contribution in [1.82, 2.24) is 0 Å². The van der Waals surface area contributed by atoms with Crippen molar-refractivity contribution in [3.8, 4) is 0 Å². The molecule has 0 saturated carbocycles. The average molecular weight is 158 g/mol. The first kappa shape index (κ1) is 9.01. The fourth-order valence-corrected chi connectivity index (χ4v) is 1.65. The first-order valence-corrected chi connectivity index (χ1v) is 4.36. The number of hydrogen-bond donors (Lipinski definition) is 0. The largest absolute Gasteiger partial charge is 0.381 e. The van der Waals surface area contributed by atoms with Crippen molar-refractivity contribution in [3.63, 3.8) is 0 Å². The third kappa shape index (κ3) is 2.17.